The molecule has 0 saturated heterocycles. The molecule has 0 atom stereocenters. The number of rotatable bonds is 0. The quantitative estimate of drug-likeness (QED) is 0.346. The van der Waals surface area contributed by atoms with Crippen LogP contribution in [0, 0.1) is 0 Å². The van der Waals surface area contributed by atoms with Gasteiger partial charge in [0, 0.05) is 43.4 Å². The third-order valence-electron chi connectivity index (χ3n) is 0. The normalized spacial score (nSPS) is 4.00. The van der Waals surface area contributed by atoms with Gasteiger partial charge in [0.2, 0.25) is 0 Å². The SMILES string of the molecule is [Au].[Pt].[S]=[Au]=[S].[S]=[Mo]=[S]. The summed E-state index contributed by atoms with van der Waals surface area (Å²) < 4.78 is 0. The van der Waals surface area contributed by atoms with Crippen LogP contribution in [0.2, 0.25) is 0 Å². The molecular formula is Au2MoPtS4. The van der Waals surface area contributed by atoms with E-state index in [-0.39, 0.29) is 74.4 Å². The first-order chi connectivity index (χ1) is 2.83. The van der Waals surface area contributed by atoms with E-state index in [1.54, 1.807) is 0 Å². The molecule has 0 nitrogen and oxygen atoms in total. The first kappa shape index (κ1) is 22.6. The Kier molecular flexibility index (Phi) is 87.4. The summed E-state index contributed by atoms with van der Waals surface area (Å²) in [5.74, 6) is 0. The van der Waals surface area contributed by atoms with Gasteiger partial charge >= 0.3 is 69.7 Å². The molecular weight excluding hydrogens is 813 g/mol. The van der Waals surface area contributed by atoms with Crippen LogP contribution in [0.15, 0.2) is 0 Å². The van der Waals surface area contributed by atoms with Crippen molar-refractivity contribution in [2.24, 2.45) is 0 Å². The van der Waals surface area contributed by atoms with Crippen LogP contribution >= 0.6 is 38.8 Å². The van der Waals surface area contributed by atoms with Crippen molar-refractivity contribution in [3.05, 3.63) is 0 Å². The summed E-state index contributed by atoms with van der Waals surface area (Å²) in [5.41, 5.74) is 0. The molecule has 0 fully saturated rings. The van der Waals surface area contributed by atoms with Crippen molar-refractivity contribution < 1.29 is 74.4 Å². The molecule has 0 spiro atoms. The summed E-state index contributed by atoms with van der Waals surface area (Å²) >= 11 is -0.530. The maximum atomic E-state index is 4.34. The maximum absolute atomic E-state index is 4.34. The van der Waals surface area contributed by atoms with Crippen molar-refractivity contribution in [1.82, 2.24) is 0 Å². The summed E-state index contributed by atoms with van der Waals surface area (Å²) in [7, 11) is 17.3. The molecule has 8 heteroatoms. The second kappa shape index (κ2) is 30.9. The Morgan fingerprint density at radius 2 is 1.12 bits per heavy atom. The standard InChI is InChI=1S/2Au.Mo.Pt.4S. The van der Waals surface area contributed by atoms with E-state index in [4.69, 9.17) is 0 Å². The molecule has 0 N–H and O–H groups in total. The van der Waals surface area contributed by atoms with Crippen LogP contribution < -0.4 is 0 Å². The van der Waals surface area contributed by atoms with Gasteiger partial charge in [0.05, 0.1) is 0 Å². The summed E-state index contributed by atoms with van der Waals surface area (Å²) in [6.07, 6.45) is 0. The van der Waals surface area contributed by atoms with Crippen LogP contribution in [0.5, 0.6) is 0 Å². The van der Waals surface area contributed by atoms with Crippen molar-refractivity contribution in [1.29, 1.82) is 0 Å². The zero-order chi connectivity index (χ0) is 5.41. The fraction of sp³-hybridized carbons (Fsp3) is 0. The first-order valence-corrected chi connectivity index (χ1v) is 12.0. The Bertz CT molecular complexity index is 68.0. The zero-order valence-corrected chi connectivity index (χ0v) is 14.8. The zero-order valence-electron chi connectivity index (χ0n) is 2.96. The van der Waals surface area contributed by atoms with Gasteiger partial charge < -0.3 is 0 Å². The van der Waals surface area contributed by atoms with E-state index < -0.39 is 0 Å². The number of hydrogen-bond donors (Lipinski definition) is 0. The van der Waals surface area contributed by atoms with E-state index in [2.05, 4.69) is 38.8 Å². The van der Waals surface area contributed by atoms with Gasteiger partial charge in [0.1, 0.15) is 0 Å². The van der Waals surface area contributed by atoms with E-state index in [1.807, 2.05) is 0 Å². The molecule has 1 radical (unpaired) electrons. The van der Waals surface area contributed by atoms with Crippen molar-refractivity contribution in [2.45, 2.75) is 0 Å². The Labute approximate surface area is 110 Å². The van der Waals surface area contributed by atoms with E-state index >= 15 is 0 Å². The molecule has 0 aromatic rings. The fourth-order valence-electron chi connectivity index (χ4n) is 0. The molecule has 8 heavy (non-hydrogen) atoms. The van der Waals surface area contributed by atoms with Crippen molar-refractivity contribution in [3.63, 3.8) is 0 Å². The molecule has 0 bridgehead atoms. The Morgan fingerprint density at radius 1 is 1.12 bits per heavy atom. The molecule has 0 aliphatic rings. The van der Waals surface area contributed by atoms with E-state index in [0.29, 0.717) is 0 Å². The molecule has 0 aliphatic carbocycles. The molecule has 0 amide bonds. The van der Waals surface area contributed by atoms with Crippen molar-refractivity contribution in [3.8, 4) is 0 Å². The number of hydrogen-bond acceptors (Lipinski definition) is 4. The topological polar surface area (TPSA) is 0 Å². The van der Waals surface area contributed by atoms with E-state index in [1.165, 1.54) is 0 Å². The van der Waals surface area contributed by atoms with Gasteiger partial charge in [-0.05, 0) is 0 Å². The summed E-state index contributed by atoms with van der Waals surface area (Å²) in [4.78, 5) is 0. The summed E-state index contributed by atoms with van der Waals surface area (Å²) in [6, 6.07) is 0. The third kappa shape index (κ3) is 53.2. The van der Waals surface area contributed by atoms with Gasteiger partial charge in [-0.15, -0.1) is 0 Å². The third-order valence-corrected chi connectivity index (χ3v) is 0. The summed E-state index contributed by atoms with van der Waals surface area (Å²) in [5, 5.41) is 0. The van der Waals surface area contributed by atoms with Gasteiger partial charge in [-0.1, -0.05) is 0 Å². The molecule has 0 heterocycles. The van der Waals surface area contributed by atoms with E-state index in [0.717, 1.165) is 0 Å². The molecule has 0 saturated carbocycles. The average molecular weight is 813 g/mol. The predicted octanol–water partition coefficient (Wildman–Crippen LogP) is 2.58. The Hall–Kier alpha value is 3.74. The van der Waals surface area contributed by atoms with Crippen LogP contribution in [0.25, 0.3) is 0 Å². The second-order valence-electron chi connectivity index (χ2n) is 0.118. The van der Waals surface area contributed by atoms with Crippen LogP contribution in [-0.2, 0) is 74.4 Å². The molecule has 0 aromatic heterocycles. The van der Waals surface area contributed by atoms with Gasteiger partial charge in [-0.2, -0.15) is 0 Å². The average Bonchev–Trinajstić information content (AvgIpc) is 1.39. The van der Waals surface area contributed by atoms with Crippen LogP contribution in [0.3, 0.4) is 0 Å². The molecule has 0 aromatic carbocycles. The van der Waals surface area contributed by atoms with Crippen LogP contribution in [0.1, 0.15) is 0 Å². The Balaban J connectivity index is -0.0000000160. The summed E-state index contributed by atoms with van der Waals surface area (Å²) in [6.45, 7) is 0. The minimum atomic E-state index is -0.363. The predicted molar refractivity (Wildman–Crippen MR) is 30.4 cm³/mol. The van der Waals surface area contributed by atoms with Crippen molar-refractivity contribution >= 4 is 38.8 Å². The monoisotopic (exact) mass is 815 g/mol. The Morgan fingerprint density at radius 3 is 1.12 bits per heavy atom. The second-order valence-corrected chi connectivity index (χ2v) is 7.32. The van der Waals surface area contributed by atoms with E-state index in [9.17, 15) is 0 Å². The van der Waals surface area contributed by atoms with Gasteiger partial charge in [0.25, 0.3) is 0 Å². The van der Waals surface area contributed by atoms with Gasteiger partial charge in [-0.3, -0.25) is 0 Å². The van der Waals surface area contributed by atoms with Gasteiger partial charge in [0.15, 0.2) is 0 Å². The minimum absolute atomic E-state index is 0. The fourth-order valence-corrected chi connectivity index (χ4v) is 0. The van der Waals surface area contributed by atoms with Crippen LogP contribution in [0.4, 0.5) is 0 Å². The molecule has 0 unspecified atom stereocenters. The molecule has 0 rings (SSSR count). The first-order valence-electron chi connectivity index (χ1n) is 0.580. The molecule has 62 valence electrons. The molecule has 0 aliphatic heterocycles. The van der Waals surface area contributed by atoms with Crippen molar-refractivity contribution in [2.75, 3.05) is 0 Å². The van der Waals surface area contributed by atoms with Crippen LogP contribution in [-0.4, -0.2) is 0 Å². The van der Waals surface area contributed by atoms with Gasteiger partial charge in [-0.25, -0.2) is 0 Å².